The van der Waals surface area contributed by atoms with E-state index in [1.165, 1.54) is 18.5 Å². The summed E-state index contributed by atoms with van der Waals surface area (Å²) < 4.78 is 5.45. The normalized spacial score (nSPS) is 10.2. The van der Waals surface area contributed by atoms with Crippen LogP contribution in [0.2, 0.25) is 10.0 Å². The van der Waals surface area contributed by atoms with E-state index in [4.69, 9.17) is 33.0 Å². The molecule has 4 nitrogen and oxygen atoms in total. The van der Waals surface area contributed by atoms with E-state index < -0.39 is 5.97 Å². The number of pyridine rings is 1. The first-order chi connectivity index (χ1) is 9.06. The van der Waals surface area contributed by atoms with Gasteiger partial charge in [-0.15, -0.1) is 0 Å². The Morgan fingerprint density at radius 2 is 2.00 bits per heavy atom. The molecule has 6 heteroatoms. The van der Waals surface area contributed by atoms with Crippen molar-refractivity contribution >= 4 is 29.2 Å². The first kappa shape index (κ1) is 13.6. The fraction of sp³-hybridized carbons (Fsp3) is 0.0769. The van der Waals surface area contributed by atoms with Crippen LogP contribution >= 0.6 is 23.2 Å². The Morgan fingerprint density at radius 1 is 1.21 bits per heavy atom. The molecule has 1 aromatic carbocycles. The van der Waals surface area contributed by atoms with Gasteiger partial charge in [0.25, 0.3) is 0 Å². The Kier molecular flexibility index (Phi) is 4.24. The highest BCUT2D eigenvalue weighted by atomic mass is 35.5. The fourth-order valence-corrected chi connectivity index (χ4v) is 1.73. The number of rotatable bonds is 4. The minimum absolute atomic E-state index is 0.0756. The molecule has 0 amide bonds. The van der Waals surface area contributed by atoms with Crippen molar-refractivity contribution in [2.45, 2.75) is 6.61 Å². The molecule has 0 saturated carbocycles. The van der Waals surface area contributed by atoms with E-state index in [0.717, 1.165) is 5.56 Å². The van der Waals surface area contributed by atoms with Gasteiger partial charge in [-0.1, -0.05) is 29.3 Å². The Hall–Kier alpha value is -1.78. The summed E-state index contributed by atoms with van der Waals surface area (Å²) in [7, 11) is 0. The number of carboxylic acids is 1. The molecule has 0 spiro atoms. The Bertz CT molecular complexity index is 617. The summed E-state index contributed by atoms with van der Waals surface area (Å²) in [4.78, 5) is 14.6. The van der Waals surface area contributed by atoms with Gasteiger partial charge >= 0.3 is 5.97 Å². The second-order valence-corrected chi connectivity index (χ2v) is 4.57. The van der Waals surface area contributed by atoms with Crippen molar-refractivity contribution < 1.29 is 14.6 Å². The van der Waals surface area contributed by atoms with Crippen LogP contribution in [0, 0.1) is 0 Å². The highest BCUT2D eigenvalue weighted by Gasteiger charge is 2.05. The molecule has 98 valence electrons. The molecule has 0 aliphatic carbocycles. The largest absolute Gasteiger partial charge is 0.487 e. The van der Waals surface area contributed by atoms with Gasteiger partial charge in [-0.2, -0.15) is 0 Å². The van der Waals surface area contributed by atoms with Crippen LogP contribution in [0.5, 0.6) is 5.75 Å². The van der Waals surface area contributed by atoms with Crippen LogP contribution < -0.4 is 4.74 Å². The lowest BCUT2D eigenvalue weighted by Crippen LogP contribution is -2.00. The zero-order valence-corrected chi connectivity index (χ0v) is 11.1. The SMILES string of the molecule is O=C(O)c1cncc(OCc2ccc(Cl)c(Cl)c2)c1. The maximum atomic E-state index is 10.8. The summed E-state index contributed by atoms with van der Waals surface area (Å²) in [6.45, 7) is 0.252. The first-order valence-corrected chi connectivity index (χ1v) is 6.07. The number of ether oxygens (including phenoxy) is 1. The van der Waals surface area contributed by atoms with Gasteiger partial charge in [0, 0.05) is 6.20 Å². The molecule has 0 aliphatic rings. The first-order valence-electron chi connectivity index (χ1n) is 5.31. The smallest absolute Gasteiger partial charge is 0.337 e. The molecule has 0 bridgehead atoms. The summed E-state index contributed by atoms with van der Waals surface area (Å²) in [5.41, 5.74) is 0.904. The highest BCUT2D eigenvalue weighted by Crippen LogP contribution is 2.23. The molecule has 0 aliphatic heterocycles. The third-order valence-electron chi connectivity index (χ3n) is 2.35. The average Bonchev–Trinajstić information content (AvgIpc) is 2.40. The lowest BCUT2D eigenvalue weighted by molar-refractivity contribution is 0.0696. The molecule has 2 rings (SSSR count). The van der Waals surface area contributed by atoms with Gasteiger partial charge in [0.2, 0.25) is 0 Å². The molecule has 0 fully saturated rings. The molecule has 0 atom stereocenters. The maximum absolute atomic E-state index is 10.8. The number of aromatic nitrogens is 1. The number of halogens is 2. The number of hydrogen-bond acceptors (Lipinski definition) is 3. The maximum Gasteiger partial charge on any atom is 0.337 e. The molecular formula is C13H9Cl2NO3. The van der Waals surface area contributed by atoms with Crippen LogP contribution in [0.15, 0.2) is 36.7 Å². The Balaban J connectivity index is 2.07. The minimum atomic E-state index is -1.05. The Morgan fingerprint density at radius 3 is 2.68 bits per heavy atom. The number of benzene rings is 1. The molecule has 1 heterocycles. The van der Waals surface area contributed by atoms with Gasteiger partial charge in [-0.25, -0.2) is 4.79 Å². The number of nitrogens with zero attached hydrogens (tertiary/aromatic N) is 1. The number of hydrogen-bond donors (Lipinski definition) is 1. The Labute approximate surface area is 119 Å². The van der Waals surface area contributed by atoms with Crippen LogP contribution in [0.25, 0.3) is 0 Å². The zero-order valence-electron chi connectivity index (χ0n) is 9.64. The second kappa shape index (κ2) is 5.91. The molecule has 0 unspecified atom stereocenters. The van der Waals surface area contributed by atoms with Crippen molar-refractivity contribution in [1.82, 2.24) is 4.98 Å². The van der Waals surface area contributed by atoms with Crippen molar-refractivity contribution in [3.8, 4) is 5.75 Å². The van der Waals surface area contributed by atoms with Crippen LogP contribution in [0.3, 0.4) is 0 Å². The van der Waals surface area contributed by atoms with Crippen LogP contribution in [-0.2, 0) is 6.61 Å². The molecule has 19 heavy (non-hydrogen) atoms. The molecular weight excluding hydrogens is 289 g/mol. The van der Waals surface area contributed by atoms with Gasteiger partial charge in [-0.3, -0.25) is 4.98 Å². The second-order valence-electron chi connectivity index (χ2n) is 3.75. The average molecular weight is 298 g/mol. The molecule has 0 saturated heterocycles. The fourth-order valence-electron chi connectivity index (χ4n) is 1.41. The molecule has 1 N–H and O–H groups in total. The zero-order chi connectivity index (χ0) is 13.8. The van der Waals surface area contributed by atoms with Crippen LogP contribution in [-0.4, -0.2) is 16.1 Å². The van der Waals surface area contributed by atoms with Gasteiger partial charge in [0.1, 0.15) is 12.4 Å². The number of carbonyl (C=O) groups is 1. The van der Waals surface area contributed by atoms with E-state index in [1.54, 1.807) is 18.2 Å². The standard InChI is InChI=1S/C13H9Cl2NO3/c14-11-2-1-8(3-12(11)15)7-19-10-4-9(13(17)18)5-16-6-10/h1-6H,7H2,(H,17,18). The van der Waals surface area contributed by atoms with Crippen LogP contribution in [0.1, 0.15) is 15.9 Å². The highest BCUT2D eigenvalue weighted by molar-refractivity contribution is 6.42. The summed E-state index contributed by atoms with van der Waals surface area (Å²) in [6, 6.07) is 6.56. The monoisotopic (exact) mass is 297 g/mol. The molecule has 0 radical (unpaired) electrons. The topological polar surface area (TPSA) is 59.4 Å². The van der Waals surface area contributed by atoms with Crippen molar-refractivity contribution in [2.24, 2.45) is 0 Å². The van der Waals surface area contributed by atoms with E-state index in [9.17, 15) is 4.79 Å². The number of carboxylic acid groups (broad SMARTS) is 1. The summed E-state index contributed by atoms with van der Waals surface area (Å²) in [5.74, 6) is -0.668. The van der Waals surface area contributed by atoms with E-state index in [1.807, 2.05) is 0 Å². The predicted molar refractivity (Wildman–Crippen MR) is 72.0 cm³/mol. The van der Waals surface area contributed by atoms with E-state index in [0.29, 0.717) is 15.8 Å². The van der Waals surface area contributed by atoms with Crippen molar-refractivity contribution in [1.29, 1.82) is 0 Å². The van der Waals surface area contributed by atoms with Crippen molar-refractivity contribution in [2.75, 3.05) is 0 Å². The van der Waals surface area contributed by atoms with Gasteiger partial charge in [-0.05, 0) is 23.8 Å². The third-order valence-corrected chi connectivity index (χ3v) is 3.09. The van der Waals surface area contributed by atoms with Gasteiger partial charge < -0.3 is 9.84 Å². The van der Waals surface area contributed by atoms with E-state index >= 15 is 0 Å². The minimum Gasteiger partial charge on any atom is -0.487 e. The predicted octanol–water partition coefficient (Wildman–Crippen LogP) is 3.67. The van der Waals surface area contributed by atoms with Crippen LogP contribution in [0.4, 0.5) is 0 Å². The summed E-state index contributed by atoms with van der Waals surface area (Å²) in [5, 5.41) is 9.75. The summed E-state index contributed by atoms with van der Waals surface area (Å²) in [6.07, 6.45) is 2.71. The number of aromatic carboxylic acids is 1. The van der Waals surface area contributed by atoms with E-state index in [-0.39, 0.29) is 12.2 Å². The van der Waals surface area contributed by atoms with Crippen molar-refractivity contribution in [3.63, 3.8) is 0 Å². The quantitative estimate of drug-likeness (QED) is 0.935. The lowest BCUT2D eigenvalue weighted by Gasteiger charge is -2.07. The molecule has 1 aromatic heterocycles. The van der Waals surface area contributed by atoms with Gasteiger partial charge in [0.15, 0.2) is 0 Å². The summed E-state index contributed by atoms with van der Waals surface area (Å²) >= 11 is 11.7. The van der Waals surface area contributed by atoms with E-state index in [2.05, 4.69) is 4.98 Å². The lowest BCUT2D eigenvalue weighted by atomic mass is 10.2. The molecule has 2 aromatic rings. The van der Waals surface area contributed by atoms with Crippen molar-refractivity contribution in [3.05, 3.63) is 57.8 Å². The third kappa shape index (κ3) is 3.59. The van der Waals surface area contributed by atoms with Gasteiger partial charge in [0.05, 0.1) is 21.8 Å².